The molecule has 116 valence electrons. The van der Waals surface area contributed by atoms with E-state index in [1.54, 1.807) is 6.07 Å². The van der Waals surface area contributed by atoms with Crippen molar-refractivity contribution < 1.29 is 4.79 Å². The van der Waals surface area contributed by atoms with Crippen molar-refractivity contribution in [2.45, 2.75) is 40.0 Å². The number of carbonyl (C=O) groups is 1. The predicted octanol–water partition coefficient (Wildman–Crippen LogP) is 3.04. The molecular formula is C17H27N3O. The van der Waals surface area contributed by atoms with Crippen molar-refractivity contribution >= 4 is 17.3 Å². The second kappa shape index (κ2) is 6.37. The van der Waals surface area contributed by atoms with Gasteiger partial charge < -0.3 is 16.0 Å². The number of hydrogen-bond acceptors (Lipinski definition) is 3. The minimum atomic E-state index is -0.0621. The topological polar surface area (TPSA) is 58.4 Å². The molecule has 3 N–H and O–H groups in total. The monoisotopic (exact) mass is 289 g/mol. The van der Waals surface area contributed by atoms with Crippen LogP contribution in [0, 0.1) is 5.41 Å². The normalized spacial score (nSPS) is 17.6. The first-order valence-electron chi connectivity index (χ1n) is 7.92. The van der Waals surface area contributed by atoms with E-state index in [0.29, 0.717) is 23.2 Å². The smallest absolute Gasteiger partial charge is 0.251 e. The lowest BCUT2D eigenvalue weighted by atomic mass is 9.78. The molecule has 2 rings (SSSR count). The van der Waals surface area contributed by atoms with Gasteiger partial charge >= 0.3 is 0 Å². The Morgan fingerprint density at radius 1 is 1.33 bits per heavy atom. The molecule has 0 aliphatic carbocycles. The fraction of sp³-hybridized carbons (Fsp3) is 0.588. The first-order valence-corrected chi connectivity index (χ1v) is 7.92. The summed E-state index contributed by atoms with van der Waals surface area (Å²) >= 11 is 0. The lowest BCUT2D eigenvalue weighted by molar-refractivity contribution is 0.0956. The summed E-state index contributed by atoms with van der Waals surface area (Å²) in [4.78, 5) is 14.2. The van der Waals surface area contributed by atoms with Crippen LogP contribution in [0.15, 0.2) is 18.2 Å². The Morgan fingerprint density at radius 2 is 2.00 bits per heavy atom. The van der Waals surface area contributed by atoms with E-state index in [1.165, 1.54) is 19.3 Å². The van der Waals surface area contributed by atoms with Gasteiger partial charge in [0.15, 0.2) is 0 Å². The fourth-order valence-electron chi connectivity index (χ4n) is 2.89. The molecule has 4 nitrogen and oxygen atoms in total. The van der Waals surface area contributed by atoms with E-state index >= 15 is 0 Å². The van der Waals surface area contributed by atoms with Crippen molar-refractivity contribution in [1.29, 1.82) is 0 Å². The maximum Gasteiger partial charge on any atom is 0.251 e. The Kier molecular flexibility index (Phi) is 4.76. The number of carbonyl (C=O) groups excluding carboxylic acids is 1. The minimum absolute atomic E-state index is 0.0621. The molecule has 1 aromatic rings. The minimum Gasteiger partial charge on any atom is -0.397 e. The van der Waals surface area contributed by atoms with Crippen molar-refractivity contribution in [2.24, 2.45) is 5.41 Å². The molecule has 1 heterocycles. The zero-order valence-electron chi connectivity index (χ0n) is 13.4. The molecule has 0 bridgehead atoms. The fourth-order valence-corrected chi connectivity index (χ4v) is 2.89. The van der Waals surface area contributed by atoms with Gasteiger partial charge in [-0.15, -0.1) is 0 Å². The van der Waals surface area contributed by atoms with Gasteiger partial charge in [-0.1, -0.05) is 20.3 Å². The van der Waals surface area contributed by atoms with Crippen LogP contribution < -0.4 is 16.0 Å². The van der Waals surface area contributed by atoms with E-state index in [-0.39, 0.29) is 5.91 Å². The summed E-state index contributed by atoms with van der Waals surface area (Å²) in [5, 5.41) is 2.80. The standard InChI is InChI=1S/C17H27N3O/c1-4-17(3)8-10-20(11-9-17)15-7-6-13(12-14(15)18)16(21)19-5-2/h6-7,12H,4-5,8-11,18H2,1-3H3,(H,19,21). The Bertz CT molecular complexity index is 505. The highest BCUT2D eigenvalue weighted by atomic mass is 16.1. The molecular weight excluding hydrogens is 262 g/mol. The van der Waals surface area contributed by atoms with Crippen molar-refractivity contribution in [1.82, 2.24) is 5.32 Å². The van der Waals surface area contributed by atoms with Crippen molar-refractivity contribution in [3.05, 3.63) is 23.8 Å². The van der Waals surface area contributed by atoms with E-state index in [9.17, 15) is 4.79 Å². The molecule has 21 heavy (non-hydrogen) atoms. The average molecular weight is 289 g/mol. The predicted molar refractivity (Wildman–Crippen MR) is 88.7 cm³/mol. The number of piperidine rings is 1. The van der Waals surface area contributed by atoms with Crippen molar-refractivity contribution in [3.63, 3.8) is 0 Å². The number of nitrogen functional groups attached to an aromatic ring is 1. The van der Waals surface area contributed by atoms with E-state index < -0.39 is 0 Å². The van der Waals surface area contributed by atoms with Crippen LogP contribution in [-0.2, 0) is 0 Å². The van der Waals surface area contributed by atoms with Crippen LogP contribution in [-0.4, -0.2) is 25.5 Å². The van der Waals surface area contributed by atoms with Crippen LogP contribution in [0.2, 0.25) is 0 Å². The molecule has 1 amide bonds. The summed E-state index contributed by atoms with van der Waals surface area (Å²) in [6, 6.07) is 5.63. The first kappa shape index (κ1) is 15.7. The van der Waals surface area contributed by atoms with Crippen LogP contribution in [0.5, 0.6) is 0 Å². The summed E-state index contributed by atoms with van der Waals surface area (Å²) in [5.41, 5.74) is 9.01. The molecule has 1 saturated heterocycles. The van der Waals surface area contributed by atoms with Gasteiger partial charge in [-0.2, -0.15) is 0 Å². The van der Waals surface area contributed by atoms with Crippen molar-refractivity contribution in [2.75, 3.05) is 30.3 Å². The van der Waals surface area contributed by atoms with Gasteiger partial charge in [-0.25, -0.2) is 0 Å². The van der Waals surface area contributed by atoms with Crippen LogP contribution in [0.3, 0.4) is 0 Å². The highest BCUT2D eigenvalue weighted by Gasteiger charge is 2.28. The van der Waals surface area contributed by atoms with E-state index in [2.05, 4.69) is 24.1 Å². The number of nitrogens with two attached hydrogens (primary N) is 1. The molecule has 0 spiro atoms. The Morgan fingerprint density at radius 3 is 2.52 bits per heavy atom. The van der Waals surface area contributed by atoms with E-state index in [4.69, 9.17) is 5.73 Å². The summed E-state index contributed by atoms with van der Waals surface area (Å²) in [6.07, 6.45) is 3.62. The van der Waals surface area contributed by atoms with Gasteiger partial charge in [-0.3, -0.25) is 4.79 Å². The largest absolute Gasteiger partial charge is 0.397 e. The third-order valence-corrected chi connectivity index (χ3v) is 4.79. The summed E-state index contributed by atoms with van der Waals surface area (Å²) in [5.74, 6) is -0.0621. The summed E-state index contributed by atoms with van der Waals surface area (Å²) < 4.78 is 0. The molecule has 0 aromatic heterocycles. The zero-order valence-corrected chi connectivity index (χ0v) is 13.4. The average Bonchev–Trinajstić information content (AvgIpc) is 2.48. The second-order valence-corrected chi connectivity index (χ2v) is 6.28. The van der Waals surface area contributed by atoms with Gasteiger partial charge in [0.2, 0.25) is 0 Å². The molecule has 1 aliphatic rings. The Hall–Kier alpha value is -1.71. The highest BCUT2D eigenvalue weighted by molar-refractivity contribution is 5.96. The van der Waals surface area contributed by atoms with E-state index in [1.807, 2.05) is 19.1 Å². The van der Waals surface area contributed by atoms with Gasteiger partial charge in [-0.05, 0) is 43.4 Å². The molecule has 1 aliphatic heterocycles. The van der Waals surface area contributed by atoms with Crippen molar-refractivity contribution in [3.8, 4) is 0 Å². The highest BCUT2D eigenvalue weighted by Crippen LogP contribution is 2.37. The molecule has 0 unspecified atom stereocenters. The molecule has 0 radical (unpaired) electrons. The zero-order chi connectivity index (χ0) is 15.5. The number of rotatable bonds is 4. The van der Waals surface area contributed by atoms with Crippen LogP contribution in [0.25, 0.3) is 0 Å². The maximum absolute atomic E-state index is 11.8. The number of anilines is 2. The van der Waals surface area contributed by atoms with Gasteiger partial charge in [0.25, 0.3) is 5.91 Å². The second-order valence-electron chi connectivity index (χ2n) is 6.28. The van der Waals surface area contributed by atoms with Gasteiger partial charge in [0.05, 0.1) is 11.4 Å². The third kappa shape index (κ3) is 3.49. The number of hydrogen-bond donors (Lipinski definition) is 2. The SMILES string of the molecule is CCNC(=O)c1ccc(N2CCC(C)(CC)CC2)c(N)c1. The van der Waals surface area contributed by atoms with Gasteiger partial charge in [0.1, 0.15) is 0 Å². The quantitative estimate of drug-likeness (QED) is 0.838. The van der Waals surface area contributed by atoms with Crippen LogP contribution in [0.4, 0.5) is 11.4 Å². The number of amides is 1. The van der Waals surface area contributed by atoms with Gasteiger partial charge in [0, 0.05) is 25.2 Å². The molecule has 0 atom stereocenters. The first-order chi connectivity index (χ1) is 9.99. The number of benzene rings is 1. The third-order valence-electron chi connectivity index (χ3n) is 4.79. The maximum atomic E-state index is 11.8. The molecule has 4 heteroatoms. The lowest BCUT2D eigenvalue weighted by Gasteiger charge is -2.40. The van der Waals surface area contributed by atoms with E-state index in [0.717, 1.165) is 18.8 Å². The lowest BCUT2D eigenvalue weighted by Crippen LogP contribution is -2.38. The molecule has 1 fully saturated rings. The summed E-state index contributed by atoms with van der Waals surface area (Å²) in [6.45, 7) is 9.25. The molecule has 1 aromatic carbocycles. The number of nitrogens with zero attached hydrogens (tertiary/aromatic N) is 1. The Balaban J connectivity index is 2.10. The summed E-state index contributed by atoms with van der Waals surface area (Å²) in [7, 11) is 0. The Labute approximate surface area is 127 Å². The van der Waals surface area contributed by atoms with Crippen LogP contribution in [0.1, 0.15) is 50.4 Å². The van der Waals surface area contributed by atoms with Crippen LogP contribution >= 0.6 is 0 Å². The molecule has 0 saturated carbocycles. The number of nitrogens with one attached hydrogen (secondary N) is 1.